The van der Waals surface area contributed by atoms with Crippen LogP contribution in [0, 0.1) is 0 Å². The summed E-state index contributed by atoms with van der Waals surface area (Å²) in [6.45, 7) is 6.66. The Hall–Kier alpha value is -2.37. The molecule has 0 aromatic rings. The third-order valence-corrected chi connectivity index (χ3v) is 14.1. The van der Waals surface area contributed by atoms with Gasteiger partial charge in [0.2, 0.25) is 0 Å². The fourth-order valence-corrected chi connectivity index (χ4v) is 9.35. The van der Waals surface area contributed by atoms with Gasteiger partial charge in [-0.05, 0) is 77.0 Å². The van der Waals surface area contributed by atoms with Gasteiger partial charge in [0.1, 0.15) is 13.2 Å². The second-order valence-corrected chi connectivity index (χ2v) is 21.3. The van der Waals surface area contributed by atoms with Gasteiger partial charge in [-0.2, -0.15) is 0 Å². The summed E-state index contributed by atoms with van der Waals surface area (Å²) in [6.07, 6.45) is 72.8. The van der Waals surface area contributed by atoms with E-state index in [1.807, 2.05) is 0 Å². The van der Waals surface area contributed by atoms with Crippen molar-refractivity contribution in [3.8, 4) is 0 Å². The molecule has 0 aliphatic rings. The van der Waals surface area contributed by atoms with Gasteiger partial charge in [0.05, 0.1) is 0 Å². The van der Waals surface area contributed by atoms with Crippen LogP contribution in [0.5, 0.6) is 0 Å². The fraction of sp³-hybridized carbons (Fsp3) is 0.862. The highest BCUT2D eigenvalue weighted by Crippen LogP contribution is 2.17. The number of allylic oxidation sites excluding steroid dienone is 6. The average Bonchev–Trinajstić information content (AvgIpc) is 3.37. The molecule has 0 unspecified atom stereocenters. The number of rotatable bonds is 58. The van der Waals surface area contributed by atoms with Crippen molar-refractivity contribution in [2.24, 2.45) is 0 Å². The largest absolute Gasteiger partial charge is 0.462 e. The lowest BCUT2D eigenvalue weighted by Gasteiger charge is -2.18. The van der Waals surface area contributed by atoms with Crippen molar-refractivity contribution in [3.05, 3.63) is 36.5 Å². The van der Waals surface area contributed by atoms with Crippen molar-refractivity contribution < 1.29 is 28.6 Å². The average molecular weight is 998 g/mol. The summed E-state index contributed by atoms with van der Waals surface area (Å²) in [5, 5.41) is 0. The molecule has 416 valence electrons. The van der Waals surface area contributed by atoms with Gasteiger partial charge in [-0.3, -0.25) is 14.4 Å². The number of esters is 3. The topological polar surface area (TPSA) is 78.9 Å². The highest BCUT2D eigenvalue weighted by atomic mass is 16.6. The third kappa shape index (κ3) is 58.4. The quantitative estimate of drug-likeness (QED) is 0.0261. The molecule has 0 bridgehead atoms. The molecule has 71 heavy (non-hydrogen) atoms. The Bertz CT molecular complexity index is 1190. The van der Waals surface area contributed by atoms with Gasteiger partial charge < -0.3 is 14.2 Å². The molecule has 0 aromatic carbocycles. The molecular formula is C65H120O6. The summed E-state index contributed by atoms with van der Waals surface area (Å²) in [6, 6.07) is 0. The van der Waals surface area contributed by atoms with E-state index in [-0.39, 0.29) is 31.1 Å². The van der Waals surface area contributed by atoms with Crippen molar-refractivity contribution in [2.75, 3.05) is 13.2 Å². The SMILES string of the molecule is CCCCC/C=C/C/C=C/CCCCCCCCCC(=O)O[C@H](COC(=O)CCCCCCCCC/C=C/CCCCCCCC)COC(=O)CCCCCCCCCCCCCCCCCCCCC. The van der Waals surface area contributed by atoms with Gasteiger partial charge in [-0.1, -0.05) is 282 Å². The predicted molar refractivity (Wildman–Crippen MR) is 307 cm³/mol. The van der Waals surface area contributed by atoms with Crippen molar-refractivity contribution in [3.63, 3.8) is 0 Å². The second kappa shape index (κ2) is 60.2. The second-order valence-electron chi connectivity index (χ2n) is 21.3. The molecule has 0 radical (unpaired) electrons. The minimum atomic E-state index is -0.776. The summed E-state index contributed by atoms with van der Waals surface area (Å²) in [5.74, 6) is -0.862. The Kier molecular flexibility index (Phi) is 58.2. The van der Waals surface area contributed by atoms with E-state index in [1.165, 1.54) is 231 Å². The Morgan fingerprint density at radius 1 is 0.282 bits per heavy atom. The number of carbonyl (C=O) groups is 3. The minimum Gasteiger partial charge on any atom is -0.462 e. The maximum atomic E-state index is 12.9. The van der Waals surface area contributed by atoms with E-state index in [9.17, 15) is 14.4 Å². The van der Waals surface area contributed by atoms with Crippen LogP contribution in [0.3, 0.4) is 0 Å². The molecule has 0 aromatic heterocycles. The van der Waals surface area contributed by atoms with Gasteiger partial charge in [0.15, 0.2) is 6.10 Å². The molecule has 0 saturated heterocycles. The van der Waals surface area contributed by atoms with Crippen LogP contribution >= 0.6 is 0 Å². The smallest absolute Gasteiger partial charge is 0.306 e. The first-order chi connectivity index (χ1) is 35.0. The molecule has 6 heteroatoms. The number of carbonyl (C=O) groups excluding carboxylic acids is 3. The normalized spacial score (nSPS) is 12.2. The van der Waals surface area contributed by atoms with E-state index in [0.717, 1.165) is 70.6 Å². The lowest BCUT2D eigenvalue weighted by atomic mass is 10.0. The molecule has 0 amide bonds. The lowest BCUT2D eigenvalue weighted by molar-refractivity contribution is -0.167. The number of hydrogen-bond donors (Lipinski definition) is 0. The molecule has 0 heterocycles. The first-order valence-electron chi connectivity index (χ1n) is 31.5. The number of hydrogen-bond acceptors (Lipinski definition) is 6. The van der Waals surface area contributed by atoms with Crippen molar-refractivity contribution in [2.45, 2.75) is 348 Å². The molecule has 0 saturated carbocycles. The molecule has 0 fully saturated rings. The molecule has 0 spiro atoms. The number of ether oxygens (including phenoxy) is 3. The van der Waals surface area contributed by atoms with Gasteiger partial charge in [-0.15, -0.1) is 0 Å². The minimum absolute atomic E-state index is 0.0726. The number of unbranched alkanes of at least 4 members (excludes halogenated alkanes) is 41. The zero-order chi connectivity index (χ0) is 51.4. The van der Waals surface area contributed by atoms with Crippen molar-refractivity contribution in [1.82, 2.24) is 0 Å². The van der Waals surface area contributed by atoms with Crippen LogP contribution < -0.4 is 0 Å². The Morgan fingerprint density at radius 2 is 0.507 bits per heavy atom. The van der Waals surface area contributed by atoms with Gasteiger partial charge >= 0.3 is 17.9 Å². The summed E-state index contributed by atoms with van der Waals surface area (Å²) < 4.78 is 16.9. The maximum absolute atomic E-state index is 12.9. The van der Waals surface area contributed by atoms with Crippen LogP contribution in [-0.2, 0) is 28.6 Å². The van der Waals surface area contributed by atoms with Gasteiger partial charge in [0.25, 0.3) is 0 Å². The highest BCUT2D eigenvalue weighted by molar-refractivity contribution is 5.71. The Morgan fingerprint density at radius 3 is 0.817 bits per heavy atom. The standard InChI is InChI=1S/C65H120O6/c1-4-7-10-13-16-19-22-25-28-31-32-35-37-40-43-46-49-52-55-58-64(67)70-61-62(71-65(68)59-56-53-50-47-44-41-38-34-30-27-24-21-18-15-12-9-6-3)60-69-63(66)57-54-51-48-45-42-39-36-33-29-26-23-20-17-14-11-8-5-2/h18,21,26-27,29-30,62H,4-17,19-20,22-25,28,31-61H2,1-3H3/b21-18+,29-26+,30-27+/t62-/m1/s1. The van der Waals surface area contributed by atoms with Crippen LogP contribution in [0.1, 0.15) is 342 Å². The van der Waals surface area contributed by atoms with Crippen LogP contribution in [0.15, 0.2) is 36.5 Å². The Labute approximate surface area is 442 Å². The molecule has 0 rings (SSSR count). The monoisotopic (exact) mass is 997 g/mol. The van der Waals surface area contributed by atoms with Crippen LogP contribution in [0.25, 0.3) is 0 Å². The fourth-order valence-electron chi connectivity index (χ4n) is 9.35. The van der Waals surface area contributed by atoms with E-state index in [0.29, 0.717) is 19.3 Å². The van der Waals surface area contributed by atoms with E-state index >= 15 is 0 Å². The zero-order valence-corrected chi connectivity index (χ0v) is 47.8. The first-order valence-corrected chi connectivity index (χ1v) is 31.5. The molecule has 0 N–H and O–H groups in total. The Balaban J connectivity index is 4.34. The molecule has 0 aliphatic heterocycles. The summed E-state index contributed by atoms with van der Waals surface area (Å²) >= 11 is 0. The van der Waals surface area contributed by atoms with E-state index in [4.69, 9.17) is 14.2 Å². The zero-order valence-electron chi connectivity index (χ0n) is 47.8. The van der Waals surface area contributed by atoms with Crippen LogP contribution in [0.2, 0.25) is 0 Å². The van der Waals surface area contributed by atoms with E-state index in [1.54, 1.807) is 0 Å². The summed E-state index contributed by atoms with van der Waals surface area (Å²) in [7, 11) is 0. The van der Waals surface area contributed by atoms with Crippen LogP contribution in [0.4, 0.5) is 0 Å². The van der Waals surface area contributed by atoms with E-state index < -0.39 is 6.10 Å². The predicted octanol–water partition coefficient (Wildman–Crippen LogP) is 21.2. The molecular weight excluding hydrogens is 877 g/mol. The first kappa shape index (κ1) is 68.6. The maximum Gasteiger partial charge on any atom is 0.306 e. The van der Waals surface area contributed by atoms with Crippen molar-refractivity contribution in [1.29, 1.82) is 0 Å². The van der Waals surface area contributed by atoms with Gasteiger partial charge in [0, 0.05) is 19.3 Å². The molecule has 1 atom stereocenters. The lowest BCUT2D eigenvalue weighted by Crippen LogP contribution is -2.30. The molecule has 0 aliphatic carbocycles. The van der Waals surface area contributed by atoms with E-state index in [2.05, 4.69) is 57.2 Å². The van der Waals surface area contributed by atoms with Gasteiger partial charge in [-0.25, -0.2) is 0 Å². The van der Waals surface area contributed by atoms with Crippen molar-refractivity contribution >= 4 is 17.9 Å². The highest BCUT2D eigenvalue weighted by Gasteiger charge is 2.19. The molecule has 6 nitrogen and oxygen atoms in total. The summed E-state index contributed by atoms with van der Waals surface area (Å²) in [5.41, 5.74) is 0. The van der Waals surface area contributed by atoms with Crippen LogP contribution in [-0.4, -0.2) is 37.2 Å². The summed E-state index contributed by atoms with van der Waals surface area (Å²) in [4.78, 5) is 38.3. The third-order valence-electron chi connectivity index (χ3n) is 14.1.